The fourth-order valence-corrected chi connectivity index (χ4v) is 6.77. The number of carbonyl (C=O) groups excluding carboxylic acids is 1. The van der Waals surface area contributed by atoms with Gasteiger partial charge in [0.25, 0.3) is 0 Å². The fourth-order valence-electron chi connectivity index (χ4n) is 5.27. The van der Waals surface area contributed by atoms with Gasteiger partial charge in [-0.25, -0.2) is 9.59 Å². The Bertz CT molecular complexity index is 1380. The van der Waals surface area contributed by atoms with Gasteiger partial charge in [-0.15, -0.1) is 0 Å². The normalized spacial score (nSPS) is 13.9. The number of aromatic carboxylic acids is 1. The third kappa shape index (κ3) is 4.05. The number of rotatable bonds is 7. The number of phenols is 2. The van der Waals surface area contributed by atoms with E-state index in [1.54, 1.807) is 6.07 Å². The van der Waals surface area contributed by atoms with Crippen LogP contribution in [0.3, 0.4) is 0 Å². The molecule has 0 aromatic heterocycles. The SMILES string of the molecule is CCc1cc(C2(c3cc(CC)c(O)c(Br)c3CC)OC(=O)c3cc(C(=O)O)ccc32)c(CC)c(Br)c1O. The Labute approximate surface area is 232 Å². The Morgan fingerprint density at radius 2 is 1.30 bits per heavy atom. The Balaban J connectivity index is 2.26. The second-order valence-electron chi connectivity index (χ2n) is 9.00. The van der Waals surface area contributed by atoms with E-state index in [1.807, 2.05) is 39.8 Å². The van der Waals surface area contributed by atoms with E-state index in [9.17, 15) is 24.9 Å². The van der Waals surface area contributed by atoms with Crippen molar-refractivity contribution in [3.63, 3.8) is 0 Å². The van der Waals surface area contributed by atoms with E-state index in [0.717, 1.165) is 11.1 Å². The molecule has 0 spiro atoms. The minimum Gasteiger partial charge on any atom is -0.506 e. The van der Waals surface area contributed by atoms with Crippen LogP contribution in [0.4, 0.5) is 0 Å². The van der Waals surface area contributed by atoms with Crippen molar-refractivity contribution in [3.05, 3.63) is 89.3 Å². The van der Waals surface area contributed by atoms with Gasteiger partial charge in [0.15, 0.2) is 5.60 Å². The van der Waals surface area contributed by atoms with Crippen molar-refractivity contribution in [1.29, 1.82) is 0 Å². The number of hydrogen-bond donors (Lipinski definition) is 3. The number of esters is 1. The van der Waals surface area contributed by atoms with Crippen LogP contribution in [0.2, 0.25) is 0 Å². The van der Waals surface area contributed by atoms with Crippen LogP contribution in [-0.2, 0) is 36.0 Å². The lowest BCUT2D eigenvalue weighted by Crippen LogP contribution is -2.33. The predicted octanol–water partition coefficient (Wildman–Crippen LogP) is 7.03. The second-order valence-corrected chi connectivity index (χ2v) is 10.6. The third-order valence-corrected chi connectivity index (χ3v) is 8.89. The number of hydrogen-bond acceptors (Lipinski definition) is 5. The summed E-state index contributed by atoms with van der Waals surface area (Å²) in [5.41, 5.74) is 3.50. The van der Waals surface area contributed by atoms with Crippen molar-refractivity contribution in [3.8, 4) is 11.5 Å². The number of carboxylic acid groups (broad SMARTS) is 1. The Kier molecular flexibility index (Phi) is 7.45. The van der Waals surface area contributed by atoms with Gasteiger partial charge in [0, 0.05) is 16.7 Å². The summed E-state index contributed by atoms with van der Waals surface area (Å²) in [5.74, 6) is -1.49. The topological polar surface area (TPSA) is 104 Å². The summed E-state index contributed by atoms with van der Waals surface area (Å²) in [6, 6.07) is 8.21. The number of halogens is 2. The highest BCUT2D eigenvalue weighted by molar-refractivity contribution is 9.11. The molecular formula is C29H28Br2O6. The molecule has 0 bridgehead atoms. The number of aryl methyl sites for hydroxylation is 2. The highest BCUT2D eigenvalue weighted by Gasteiger charge is 2.51. The van der Waals surface area contributed by atoms with Crippen LogP contribution in [0, 0.1) is 0 Å². The molecule has 3 N–H and O–H groups in total. The van der Waals surface area contributed by atoms with Crippen LogP contribution in [0.25, 0.3) is 0 Å². The van der Waals surface area contributed by atoms with Crippen molar-refractivity contribution >= 4 is 43.8 Å². The molecule has 0 aliphatic carbocycles. The van der Waals surface area contributed by atoms with Gasteiger partial charge in [-0.05, 0) is 104 Å². The van der Waals surface area contributed by atoms with E-state index in [4.69, 9.17) is 4.74 Å². The van der Waals surface area contributed by atoms with E-state index < -0.39 is 17.5 Å². The lowest BCUT2D eigenvalue weighted by molar-refractivity contribution is 0.0246. The lowest BCUT2D eigenvalue weighted by atomic mass is 9.74. The average molecular weight is 632 g/mol. The maximum absolute atomic E-state index is 13.5. The maximum Gasteiger partial charge on any atom is 0.340 e. The monoisotopic (exact) mass is 630 g/mol. The van der Waals surface area contributed by atoms with Crippen LogP contribution >= 0.6 is 31.9 Å². The van der Waals surface area contributed by atoms with Crippen molar-refractivity contribution in [1.82, 2.24) is 0 Å². The van der Waals surface area contributed by atoms with Crippen molar-refractivity contribution in [2.45, 2.75) is 59.0 Å². The summed E-state index contributed by atoms with van der Waals surface area (Å²) in [7, 11) is 0. The number of fused-ring (bicyclic) bond motifs is 1. The lowest BCUT2D eigenvalue weighted by Gasteiger charge is -2.35. The highest BCUT2D eigenvalue weighted by Crippen LogP contribution is 2.54. The molecule has 0 fully saturated rings. The van der Waals surface area contributed by atoms with Crippen molar-refractivity contribution in [2.24, 2.45) is 0 Å². The van der Waals surface area contributed by atoms with Gasteiger partial charge < -0.3 is 20.1 Å². The largest absolute Gasteiger partial charge is 0.506 e. The number of carbonyl (C=O) groups is 2. The number of carboxylic acids is 1. The zero-order valence-corrected chi connectivity index (χ0v) is 24.2. The molecule has 3 aromatic rings. The summed E-state index contributed by atoms with van der Waals surface area (Å²) in [5, 5.41) is 31.3. The number of cyclic esters (lactones) is 1. The Morgan fingerprint density at radius 1 is 0.811 bits per heavy atom. The van der Waals surface area contributed by atoms with E-state index in [-0.39, 0.29) is 22.6 Å². The predicted molar refractivity (Wildman–Crippen MR) is 148 cm³/mol. The van der Waals surface area contributed by atoms with E-state index >= 15 is 0 Å². The molecule has 0 atom stereocenters. The molecule has 1 heterocycles. The van der Waals surface area contributed by atoms with Gasteiger partial charge in [0.05, 0.1) is 20.1 Å². The molecule has 194 valence electrons. The van der Waals surface area contributed by atoms with E-state index in [0.29, 0.717) is 62.4 Å². The summed E-state index contributed by atoms with van der Waals surface area (Å²) in [6.07, 6.45) is 2.13. The average Bonchev–Trinajstić information content (AvgIpc) is 3.19. The highest BCUT2D eigenvalue weighted by atomic mass is 79.9. The summed E-state index contributed by atoms with van der Waals surface area (Å²) >= 11 is 7.17. The first-order valence-electron chi connectivity index (χ1n) is 12.3. The number of phenolic OH excluding ortho intramolecular Hbond substituents is 2. The summed E-state index contributed by atoms with van der Waals surface area (Å²) in [6.45, 7) is 7.78. The second kappa shape index (κ2) is 10.1. The van der Waals surface area contributed by atoms with Crippen LogP contribution in [0.15, 0.2) is 39.3 Å². The van der Waals surface area contributed by atoms with Crippen LogP contribution < -0.4 is 0 Å². The Morgan fingerprint density at radius 3 is 1.70 bits per heavy atom. The first-order valence-corrected chi connectivity index (χ1v) is 13.8. The van der Waals surface area contributed by atoms with Crippen LogP contribution in [-0.4, -0.2) is 27.3 Å². The number of aromatic hydroxyl groups is 2. The first-order chi connectivity index (χ1) is 17.6. The zero-order chi connectivity index (χ0) is 27.2. The first kappa shape index (κ1) is 27.2. The van der Waals surface area contributed by atoms with Crippen molar-refractivity contribution < 1.29 is 29.6 Å². The van der Waals surface area contributed by atoms with Crippen molar-refractivity contribution in [2.75, 3.05) is 0 Å². The molecule has 4 rings (SSSR count). The van der Waals surface area contributed by atoms with Gasteiger partial charge in [-0.1, -0.05) is 33.8 Å². The minimum absolute atomic E-state index is 0.0137. The minimum atomic E-state index is -1.43. The molecular weight excluding hydrogens is 604 g/mol. The molecule has 6 nitrogen and oxygen atoms in total. The quantitative estimate of drug-likeness (QED) is 0.242. The van der Waals surface area contributed by atoms with Gasteiger partial charge in [0.2, 0.25) is 0 Å². The molecule has 37 heavy (non-hydrogen) atoms. The van der Waals surface area contributed by atoms with E-state index in [1.165, 1.54) is 12.1 Å². The van der Waals surface area contributed by atoms with E-state index in [2.05, 4.69) is 31.9 Å². The van der Waals surface area contributed by atoms with Crippen LogP contribution in [0.1, 0.15) is 87.4 Å². The van der Waals surface area contributed by atoms with Gasteiger partial charge >= 0.3 is 11.9 Å². The van der Waals surface area contributed by atoms with Gasteiger partial charge in [-0.3, -0.25) is 0 Å². The smallest absolute Gasteiger partial charge is 0.340 e. The third-order valence-electron chi connectivity index (χ3n) is 7.18. The number of benzene rings is 3. The molecule has 0 amide bonds. The molecule has 3 aromatic carbocycles. The number of ether oxygens (including phenoxy) is 1. The molecule has 1 aliphatic heterocycles. The fraction of sp³-hybridized carbons (Fsp3) is 0.310. The maximum atomic E-state index is 13.5. The molecule has 1 aliphatic rings. The Hall–Kier alpha value is -2.84. The zero-order valence-electron chi connectivity index (χ0n) is 21.0. The molecule has 8 heteroatoms. The molecule has 0 saturated carbocycles. The van der Waals surface area contributed by atoms with Gasteiger partial charge in [0.1, 0.15) is 11.5 Å². The molecule has 0 saturated heterocycles. The summed E-state index contributed by atoms with van der Waals surface area (Å²) < 4.78 is 7.42. The standard InChI is InChI=1S/C29H28Br2O6/c1-5-14-12-21(17(7-3)23(30)25(14)32)29(22-13-15(6-2)26(33)24(31)18(22)8-4)20-10-9-16(27(34)35)11-19(20)28(36)37-29/h9-13,32-33H,5-8H2,1-4H3,(H,34,35). The molecule has 0 unspecified atom stereocenters. The molecule has 0 radical (unpaired) electrons. The van der Waals surface area contributed by atoms with Crippen LogP contribution in [0.5, 0.6) is 11.5 Å². The van der Waals surface area contributed by atoms with Gasteiger partial charge in [-0.2, -0.15) is 0 Å². The summed E-state index contributed by atoms with van der Waals surface area (Å²) in [4.78, 5) is 25.2.